The van der Waals surface area contributed by atoms with Crippen molar-refractivity contribution in [1.29, 1.82) is 0 Å². The third kappa shape index (κ3) is 22.1. The van der Waals surface area contributed by atoms with E-state index in [4.69, 9.17) is 65.9 Å². The maximum absolute atomic E-state index is 14.3. The largest absolute Gasteiger partial charge is 0.778 e. The number of aromatic nitrogens is 2. The first kappa shape index (κ1) is 66.5. The molecule has 6 rings (SSSR count). The standard InChI is InChI=1S/C15H15ClFN3O3S2.C15H22ClNO2.C11H11Cl2NO2.C3H8NO5P.C3H9S/c1-23-13(21)8-24-12-7-11(10(17)6-9(12)16)18-14-19-4-2-3-5-20(19)15(22)25-14;1-5-13-8-6-7-11(2)15(13)17(14(18)9-16)12(3)10-19-4;1-7-6-16-9-5-3-2-4-8(9)14(7)11(15)10(12)13;5-3(6)1-4-2-10(7,8)9;1-4(2)3/h6-7H,2-5,8H2,1H3;6-8,12H,5,9-10H2,1-4H3;2-5,7,10H,6H2,1H3;4H,1-2H2,(H,5,6)(H2,7,8,9);1-3H3/q;;;;+1/p-1/b18-14-;;;;. The Morgan fingerprint density at radius 3 is 2.30 bits per heavy atom. The van der Waals surface area contributed by atoms with E-state index in [1.807, 2.05) is 62.5 Å². The van der Waals surface area contributed by atoms with Gasteiger partial charge in [0.2, 0.25) is 10.7 Å². The van der Waals surface area contributed by atoms with Gasteiger partial charge in [0.05, 0.1) is 79.5 Å². The molecule has 0 bridgehead atoms. The van der Waals surface area contributed by atoms with Gasteiger partial charge in [-0.3, -0.25) is 34.0 Å². The molecule has 3 heterocycles. The van der Waals surface area contributed by atoms with Gasteiger partial charge in [0.15, 0.2) is 4.84 Å². The van der Waals surface area contributed by atoms with E-state index in [2.05, 4.69) is 41.5 Å². The lowest BCUT2D eigenvalue weighted by Gasteiger charge is -2.35. The number of halogens is 5. The van der Waals surface area contributed by atoms with Gasteiger partial charge >= 0.3 is 16.8 Å². The summed E-state index contributed by atoms with van der Waals surface area (Å²) in [6.07, 6.45) is 8.65. The van der Waals surface area contributed by atoms with E-state index in [9.17, 15) is 37.8 Å². The molecule has 27 heteroatoms. The number of nitrogens with zero attached hydrogens (tertiary/aromatic N) is 5. The maximum Gasteiger partial charge on any atom is 0.325 e. The molecule has 0 spiro atoms. The molecule has 2 amide bonds. The SMILES string of the molecule is CC1COc2ccccc2N1C(=O)C(Cl)Cl.CCc1cccc(C)c1N(C(=O)CCl)C(C)COC.COC(=O)CSc1cc(/N=c2\sc(=O)n3n2CCCC3)c(F)cc1Cl.C[S+](C)C.O=C(O)CNCP(=O)([O-])O. The third-order valence-electron chi connectivity index (χ3n) is 9.91. The number of esters is 1. The number of carboxylic acids is 1. The monoisotopic (exact) mass is 1190 g/mol. The average Bonchev–Trinajstić information content (AvgIpc) is 3.66. The minimum atomic E-state index is -4.35. The lowest BCUT2D eigenvalue weighted by atomic mass is 10.0. The highest BCUT2D eigenvalue weighted by molar-refractivity contribution is 8.00. The van der Waals surface area contributed by atoms with Gasteiger partial charge in [-0.05, 0) is 97.7 Å². The predicted octanol–water partition coefficient (Wildman–Crippen LogP) is 7.22. The Labute approximate surface area is 461 Å². The number of benzene rings is 3. The molecule has 0 saturated carbocycles. The molecule has 2 aliphatic heterocycles. The maximum atomic E-state index is 14.3. The van der Waals surface area contributed by atoms with E-state index in [1.54, 1.807) is 26.3 Å². The number of ether oxygens (including phenoxy) is 3. The summed E-state index contributed by atoms with van der Waals surface area (Å²) in [5, 5.41) is 10.2. The zero-order valence-electron chi connectivity index (χ0n) is 42.5. The van der Waals surface area contributed by atoms with Crippen molar-refractivity contribution < 1.29 is 57.2 Å². The van der Waals surface area contributed by atoms with Gasteiger partial charge in [0.25, 0.3) is 5.91 Å². The number of fused-ring (bicyclic) bond motifs is 2. The average molecular weight is 1190 g/mol. The molecular formula is C47H64Cl4FN6O12PS3. The number of alkyl halides is 3. The molecule has 1 aromatic heterocycles. The number of carboxylic acid groups (broad SMARTS) is 1. The first-order valence-electron chi connectivity index (χ1n) is 22.6. The van der Waals surface area contributed by atoms with Crippen molar-refractivity contribution in [1.82, 2.24) is 14.7 Å². The Hall–Kier alpha value is -3.64. The van der Waals surface area contributed by atoms with Crippen molar-refractivity contribution in [3.05, 3.63) is 91.0 Å². The molecule has 3 atom stereocenters. The third-order valence-corrected chi connectivity index (χ3v) is 13.5. The molecule has 0 saturated heterocycles. The zero-order valence-corrected chi connectivity index (χ0v) is 48.8. The zero-order chi connectivity index (χ0) is 55.9. The Morgan fingerprint density at radius 1 is 1.09 bits per heavy atom. The molecule has 2 aliphatic rings. The van der Waals surface area contributed by atoms with Gasteiger partial charge in [-0.25, -0.2) is 14.1 Å². The summed E-state index contributed by atoms with van der Waals surface area (Å²) in [5.74, 6) is -1.84. The number of para-hydroxylation sites is 3. The molecule has 0 radical (unpaired) electrons. The van der Waals surface area contributed by atoms with Crippen molar-refractivity contribution in [3.63, 3.8) is 0 Å². The summed E-state index contributed by atoms with van der Waals surface area (Å²) < 4.78 is 42.9. The number of amides is 2. The Bertz CT molecular complexity index is 2650. The fraction of sp³-hybridized carbons (Fsp3) is 0.489. The molecule has 3 N–H and O–H groups in total. The van der Waals surface area contributed by atoms with Gasteiger partial charge in [-0.2, -0.15) is 0 Å². The van der Waals surface area contributed by atoms with Crippen LogP contribution in [0.3, 0.4) is 0 Å². The second-order valence-electron chi connectivity index (χ2n) is 16.4. The summed E-state index contributed by atoms with van der Waals surface area (Å²) in [4.78, 5) is 82.6. The fourth-order valence-electron chi connectivity index (χ4n) is 6.80. The topological polar surface area (TPSA) is 234 Å². The van der Waals surface area contributed by atoms with Crippen molar-refractivity contribution in [3.8, 4) is 5.75 Å². The lowest BCUT2D eigenvalue weighted by Crippen LogP contribution is -2.47. The number of anilines is 2. The van der Waals surface area contributed by atoms with Gasteiger partial charge in [0, 0.05) is 25.1 Å². The first-order valence-corrected chi connectivity index (χ1v) is 30.4. The number of carbonyl (C=O) groups is 4. The van der Waals surface area contributed by atoms with Crippen molar-refractivity contribution in [2.24, 2.45) is 4.99 Å². The molecule has 0 fully saturated rings. The van der Waals surface area contributed by atoms with Crippen LogP contribution in [0.5, 0.6) is 5.75 Å². The van der Waals surface area contributed by atoms with Gasteiger partial charge in [-0.1, -0.05) is 72.1 Å². The molecule has 0 aliphatic carbocycles. The summed E-state index contributed by atoms with van der Waals surface area (Å²) in [6, 6.07) is 16.0. The number of rotatable bonds is 15. The highest BCUT2D eigenvalue weighted by atomic mass is 35.5. The van der Waals surface area contributed by atoms with E-state index in [1.165, 1.54) is 13.2 Å². The quantitative estimate of drug-likeness (QED) is 0.0351. The van der Waals surface area contributed by atoms with Gasteiger partial charge in [-0.15, -0.1) is 23.4 Å². The van der Waals surface area contributed by atoms with Crippen LogP contribution >= 0.6 is 77.1 Å². The van der Waals surface area contributed by atoms with Crippen LogP contribution in [0.25, 0.3) is 0 Å². The van der Waals surface area contributed by atoms with Gasteiger partial charge < -0.3 is 43.5 Å². The molecule has 18 nitrogen and oxygen atoms in total. The van der Waals surface area contributed by atoms with Crippen molar-refractivity contribution in [2.45, 2.75) is 81.9 Å². The van der Waals surface area contributed by atoms with E-state index < -0.39 is 43.0 Å². The number of hydrogen-bond acceptors (Lipinski definition) is 14. The van der Waals surface area contributed by atoms with Crippen LogP contribution in [0.4, 0.5) is 21.5 Å². The van der Waals surface area contributed by atoms with Crippen LogP contribution in [0.2, 0.25) is 5.02 Å². The normalized spacial score (nSPS) is 14.9. The van der Waals surface area contributed by atoms with Crippen LogP contribution in [0.15, 0.2) is 69.3 Å². The summed E-state index contributed by atoms with van der Waals surface area (Å²) in [6.45, 7) is 9.75. The van der Waals surface area contributed by atoms with Crippen LogP contribution < -0.4 is 34.4 Å². The number of hydrogen-bond donors (Lipinski definition) is 3. The van der Waals surface area contributed by atoms with E-state index in [0.29, 0.717) is 52.6 Å². The molecular weight excluding hydrogens is 1130 g/mol. The second kappa shape index (κ2) is 33.5. The molecule has 3 unspecified atom stereocenters. The number of methoxy groups -OCH3 is 2. The van der Waals surface area contributed by atoms with Crippen LogP contribution in [0.1, 0.15) is 44.7 Å². The smallest absolute Gasteiger partial charge is 0.325 e. The summed E-state index contributed by atoms with van der Waals surface area (Å²) in [7, 11) is -0.773. The summed E-state index contributed by atoms with van der Waals surface area (Å²) in [5.41, 5.74) is 4.01. The Balaban J connectivity index is 0.000000343. The fourth-order valence-corrected chi connectivity index (χ4v) is 9.52. The number of aliphatic carboxylic acids is 1. The van der Waals surface area contributed by atoms with Crippen LogP contribution in [-0.4, -0.2) is 131 Å². The van der Waals surface area contributed by atoms with Crippen molar-refractivity contribution >= 4 is 129 Å². The molecule has 74 heavy (non-hydrogen) atoms. The number of nitrogens with one attached hydrogen (secondary N) is 1. The molecule has 4 aromatic rings. The number of aryl methyl sites for hydroxylation is 2. The molecule has 3 aromatic carbocycles. The van der Waals surface area contributed by atoms with Crippen LogP contribution in [0, 0.1) is 12.7 Å². The van der Waals surface area contributed by atoms with E-state index >= 15 is 0 Å². The Kier molecular flexibility index (Phi) is 30.1. The summed E-state index contributed by atoms with van der Waals surface area (Å²) >= 11 is 25.2. The molecule has 412 valence electrons. The van der Waals surface area contributed by atoms with Gasteiger partial charge in [0.1, 0.15) is 37.3 Å². The second-order valence-corrected chi connectivity index (χ2v) is 24.2. The van der Waals surface area contributed by atoms with E-state index in [-0.39, 0.29) is 51.1 Å². The first-order chi connectivity index (χ1) is 34.8. The predicted molar refractivity (Wildman–Crippen MR) is 295 cm³/mol. The highest BCUT2D eigenvalue weighted by Crippen LogP contribution is 2.35. The van der Waals surface area contributed by atoms with Crippen molar-refractivity contribution in [2.75, 3.05) is 80.5 Å². The Morgan fingerprint density at radius 2 is 1.73 bits per heavy atom. The number of carbonyl (C=O) groups excluding carboxylic acids is 3. The highest BCUT2D eigenvalue weighted by Gasteiger charge is 2.32. The van der Waals surface area contributed by atoms with E-state index in [0.717, 1.165) is 70.9 Å². The number of thioether (sulfide) groups is 1. The minimum Gasteiger partial charge on any atom is -0.778 e. The lowest BCUT2D eigenvalue weighted by molar-refractivity contribution is -0.193. The minimum absolute atomic E-state index is 0.0223. The van der Waals surface area contributed by atoms with Crippen LogP contribution in [-0.2, 0) is 63.6 Å².